The zero-order valence-corrected chi connectivity index (χ0v) is 9.99. The van der Waals surface area contributed by atoms with Crippen molar-refractivity contribution >= 4 is 17.1 Å². The number of aryl methyl sites for hydroxylation is 1. The van der Waals surface area contributed by atoms with Crippen LogP contribution in [-0.2, 0) is 0 Å². The Hall–Kier alpha value is -0.740. The highest BCUT2D eigenvalue weighted by molar-refractivity contribution is 7.13. The molecule has 1 fully saturated rings. The molecule has 2 rings (SSSR count). The Morgan fingerprint density at radius 3 is 2.93 bits per heavy atom. The van der Waals surface area contributed by atoms with Crippen molar-refractivity contribution in [2.45, 2.75) is 32.6 Å². The largest absolute Gasteiger partial charge is 0.316 e. The van der Waals surface area contributed by atoms with Gasteiger partial charge in [-0.1, -0.05) is 0 Å². The molecule has 15 heavy (non-hydrogen) atoms. The molecule has 0 spiro atoms. The van der Waals surface area contributed by atoms with Gasteiger partial charge >= 0.3 is 0 Å². The highest BCUT2D eigenvalue weighted by atomic mass is 32.1. The Balaban J connectivity index is 2.21. The Morgan fingerprint density at radius 1 is 1.60 bits per heavy atom. The van der Waals surface area contributed by atoms with Crippen LogP contribution in [-0.4, -0.2) is 23.9 Å². The molecular weight excluding hydrogens is 208 g/mol. The normalized spacial score (nSPS) is 21.6. The number of carbonyl (C=O) groups excluding carboxylic acids is 1. The van der Waals surface area contributed by atoms with Gasteiger partial charge in [-0.05, 0) is 26.3 Å². The first kappa shape index (κ1) is 10.8. The lowest BCUT2D eigenvalue weighted by Gasteiger charge is -2.20. The third kappa shape index (κ3) is 2.26. The Labute approximate surface area is 93.9 Å². The van der Waals surface area contributed by atoms with Crippen LogP contribution in [0.4, 0.5) is 0 Å². The number of hydrogen-bond donors (Lipinski definition) is 1. The second kappa shape index (κ2) is 4.41. The average Bonchev–Trinajstić information content (AvgIpc) is 2.62. The number of ketones is 1. The molecule has 0 saturated carbocycles. The van der Waals surface area contributed by atoms with Crippen LogP contribution in [0.1, 0.15) is 46.1 Å². The van der Waals surface area contributed by atoms with Crippen LogP contribution in [0.5, 0.6) is 0 Å². The minimum absolute atomic E-state index is 0.139. The summed E-state index contributed by atoms with van der Waals surface area (Å²) >= 11 is 1.57. The number of Topliss-reactive ketones (excluding diaryl/α,β-unsaturated/α-hetero) is 1. The van der Waals surface area contributed by atoms with E-state index in [9.17, 15) is 4.79 Å². The van der Waals surface area contributed by atoms with Crippen LogP contribution in [0.2, 0.25) is 0 Å². The summed E-state index contributed by atoms with van der Waals surface area (Å²) in [5.74, 6) is 0.649. The van der Waals surface area contributed by atoms with Gasteiger partial charge in [0.1, 0.15) is 0 Å². The first-order valence-electron chi connectivity index (χ1n) is 5.37. The topological polar surface area (TPSA) is 42.0 Å². The smallest absolute Gasteiger partial charge is 0.171 e. The Kier molecular flexibility index (Phi) is 3.17. The molecule has 1 unspecified atom stereocenters. The molecule has 82 valence electrons. The average molecular weight is 224 g/mol. The van der Waals surface area contributed by atoms with Crippen LogP contribution in [0.15, 0.2) is 0 Å². The number of piperidine rings is 1. The summed E-state index contributed by atoms with van der Waals surface area (Å²) in [7, 11) is 0. The maximum absolute atomic E-state index is 11.3. The Morgan fingerprint density at radius 2 is 2.40 bits per heavy atom. The van der Waals surface area contributed by atoms with E-state index in [1.807, 2.05) is 6.92 Å². The lowest BCUT2D eigenvalue weighted by Crippen LogP contribution is -2.28. The molecule has 1 aliphatic heterocycles. The second-order valence-electron chi connectivity index (χ2n) is 4.07. The molecule has 4 heteroatoms. The molecule has 0 aliphatic carbocycles. The lowest BCUT2D eigenvalue weighted by atomic mass is 10.0. The molecule has 1 aromatic rings. The van der Waals surface area contributed by atoms with Gasteiger partial charge in [-0.3, -0.25) is 4.79 Å². The van der Waals surface area contributed by atoms with Gasteiger partial charge in [0, 0.05) is 19.4 Å². The van der Waals surface area contributed by atoms with Gasteiger partial charge in [-0.15, -0.1) is 11.3 Å². The van der Waals surface area contributed by atoms with E-state index < -0.39 is 0 Å². The number of hydrogen-bond acceptors (Lipinski definition) is 4. The van der Waals surface area contributed by atoms with E-state index in [1.165, 1.54) is 12.8 Å². The zero-order valence-electron chi connectivity index (χ0n) is 9.17. The minimum atomic E-state index is 0.139. The molecule has 0 radical (unpaired) electrons. The summed E-state index contributed by atoms with van der Waals surface area (Å²) in [6.45, 7) is 5.65. The van der Waals surface area contributed by atoms with E-state index in [0.29, 0.717) is 5.92 Å². The molecule has 1 atom stereocenters. The van der Waals surface area contributed by atoms with Crippen molar-refractivity contribution in [1.82, 2.24) is 10.3 Å². The van der Waals surface area contributed by atoms with Crippen LogP contribution in [0.3, 0.4) is 0 Å². The second-order valence-corrected chi connectivity index (χ2v) is 5.10. The number of nitrogens with zero attached hydrogens (tertiary/aromatic N) is 1. The quantitative estimate of drug-likeness (QED) is 0.782. The monoisotopic (exact) mass is 224 g/mol. The standard InChI is InChI=1S/C11H16N2OS/c1-7-10(8(2)14)15-11(13-7)9-4-3-5-12-6-9/h9,12H,3-6H2,1-2H3. The van der Waals surface area contributed by atoms with Crippen molar-refractivity contribution in [3.63, 3.8) is 0 Å². The molecule has 0 aromatic carbocycles. The summed E-state index contributed by atoms with van der Waals surface area (Å²) in [4.78, 5) is 16.7. The first-order chi connectivity index (χ1) is 7.18. The van der Waals surface area contributed by atoms with E-state index >= 15 is 0 Å². The van der Waals surface area contributed by atoms with E-state index in [2.05, 4.69) is 10.3 Å². The van der Waals surface area contributed by atoms with Crippen LogP contribution in [0, 0.1) is 6.92 Å². The minimum Gasteiger partial charge on any atom is -0.316 e. The summed E-state index contributed by atoms with van der Waals surface area (Å²) < 4.78 is 0. The molecule has 1 aliphatic rings. The zero-order chi connectivity index (χ0) is 10.8. The molecule has 1 aromatic heterocycles. The van der Waals surface area contributed by atoms with Crippen molar-refractivity contribution in [2.24, 2.45) is 0 Å². The van der Waals surface area contributed by atoms with Gasteiger partial charge in [0.2, 0.25) is 0 Å². The third-order valence-electron chi connectivity index (χ3n) is 2.78. The van der Waals surface area contributed by atoms with Crippen molar-refractivity contribution in [3.05, 3.63) is 15.6 Å². The van der Waals surface area contributed by atoms with Crippen molar-refractivity contribution < 1.29 is 4.79 Å². The predicted octanol–water partition coefficient (Wildman–Crippen LogP) is 2.12. The van der Waals surface area contributed by atoms with E-state index in [1.54, 1.807) is 18.3 Å². The fourth-order valence-corrected chi connectivity index (χ4v) is 3.08. The molecule has 0 amide bonds. The molecule has 2 heterocycles. The van der Waals surface area contributed by atoms with E-state index in [-0.39, 0.29) is 5.78 Å². The first-order valence-corrected chi connectivity index (χ1v) is 6.19. The van der Waals surface area contributed by atoms with Gasteiger partial charge in [0.05, 0.1) is 15.6 Å². The molecule has 0 bridgehead atoms. The molecule has 3 nitrogen and oxygen atoms in total. The van der Waals surface area contributed by atoms with Crippen LogP contribution in [0.25, 0.3) is 0 Å². The van der Waals surface area contributed by atoms with Crippen LogP contribution >= 0.6 is 11.3 Å². The van der Waals surface area contributed by atoms with Crippen LogP contribution < -0.4 is 5.32 Å². The van der Waals surface area contributed by atoms with Gasteiger partial charge in [0.15, 0.2) is 5.78 Å². The molecular formula is C11H16N2OS. The number of aromatic nitrogens is 1. The number of thiazole rings is 1. The molecule has 1 N–H and O–H groups in total. The van der Waals surface area contributed by atoms with Crippen molar-refractivity contribution in [3.8, 4) is 0 Å². The summed E-state index contributed by atoms with van der Waals surface area (Å²) in [6, 6.07) is 0. The fraction of sp³-hybridized carbons (Fsp3) is 0.636. The summed E-state index contributed by atoms with van der Waals surface area (Å²) in [5, 5.41) is 4.50. The van der Waals surface area contributed by atoms with E-state index in [4.69, 9.17) is 0 Å². The number of rotatable bonds is 2. The van der Waals surface area contributed by atoms with Gasteiger partial charge in [-0.2, -0.15) is 0 Å². The van der Waals surface area contributed by atoms with Crippen molar-refractivity contribution in [2.75, 3.05) is 13.1 Å². The van der Waals surface area contributed by atoms with E-state index in [0.717, 1.165) is 28.7 Å². The maximum atomic E-state index is 11.3. The fourth-order valence-electron chi connectivity index (χ4n) is 1.98. The number of nitrogens with one attached hydrogen (secondary N) is 1. The number of carbonyl (C=O) groups is 1. The predicted molar refractivity (Wildman–Crippen MR) is 61.7 cm³/mol. The van der Waals surface area contributed by atoms with Gasteiger partial charge in [-0.25, -0.2) is 4.98 Å². The summed E-state index contributed by atoms with van der Waals surface area (Å²) in [5.41, 5.74) is 0.896. The molecule has 1 saturated heterocycles. The van der Waals surface area contributed by atoms with Crippen molar-refractivity contribution in [1.29, 1.82) is 0 Å². The maximum Gasteiger partial charge on any atom is 0.171 e. The highest BCUT2D eigenvalue weighted by Crippen LogP contribution is 2.29. The third-order valence-corrected chi connectivity index (χ3v) is 4.20. The summed E-state index contributed by atoms with van der Waals surface area (Å²) in [6.07, 6.45) is 2.40. The lowest BCUT2D eigenvalue weighted by molar-refractivity contribution is 0.102. The highest BCUT2D eigenvalue weighted by Gasteiger charge is 2.21. The Bertz CT molecular complexity index is 367. The van der Waals surface area contributed by atoms with Gasteiger partial charge < -0.3 is 5.32 Å². The van der Waals surface area contributed by atoms with Gasteiger partial charge in [0.25, 0.3) is 0 Å². The SMILES string of the molecule is CC(=O)c1sc(C2CCCNC2)nc1C.